The Morgan fingerprint density at radius 2 is 1.41 bits per heavy atom. The van der Waals surface area contributed by atoms with Crippen molar-refractivity contribution in [2.75, 3.05) is 33.4 Å². The highest BCUT2D eigenvalue weighted by atomic mass is 19.4. The van der Waals surface area contributed by atoms with E-state index in [1.54, 1.807) is 16.9 Å². The second-order valence-electron chi connectivity index (χ2n) is 12.2. The quantitative estimate of drug-likeness (QED) is 0.111. The van der Waals surface area contributed by atoms with Gasteiger partial charge in [-0.3, -0.25) is 9.59 Å². The highest BCUT2D eigenvalue weighted by Gasteiger charge is 2.30. The molecule has 2 aromatic carbocycles. The molecule has 0 aliphatic carbocycles. The van der Waals surface area contributed by atoms with E-state index >= 15 is 0 Å². The fourth-order valence-corrected chi connectivity index (χ4v) is 5.76. The van der Waals surface area contributed by atoms with Gasteiger partial charge in [0, 0.05) is 50.3 Å². The number of hydrogen-bond acceptors (Lipinski definition) is 3. The minimum absolute atomic E-state index is 0.0765. The van der Waals surface area contributed by atoms with Gasteiger partial charge in [0.15, 0.2) is 0 Å². The average Bonchev–Trinajstić information content (AvgIpc) is 3.46. The summed E-state index contributed by atoms with van der Waals surface area (Å²) in [6, 6.07) is 12.8. The number of aromatic nitrogens is 1. The van der Waals surface area contributed by atoms with Gasteiger partial charge in [0.1, 0.15) is 0 Å². The maximum Gasteiger partial charge on any atom is 0.416 e. The van der Waals surface area contributed by atoms with Crippen LogP contribution in [0.4, 0.5) is 13.2 Å². The Bertz CT molecular complexity index is 1310. The zero-order valence-corrected chi connectivity index (χ0v) is 27.7. The number of methoxy groups -OCH3 is 1. The third-order valence-electron chi connectivity index (χ3n) is 8.57. The molecule has 0 saturated heterocycles. The summed E-state index contributed by atoms with van der Waals surface area (Å²) in [4.78, 5) is 33.4. The largest absolute Gasteiger partial charge is 0.416 e. The Morgan fingerprint density at radius 1 is 0.783 bits per heavy atom. The van der Waals surface area contributed by atoms with Crippen molar-refractivity contribution in [3.63, 3.8) is 0 Å². The van der Waals surface area contributed by atoms with Crippen LogP contribution in [0.25, 0.3) is 10.9 Å². The Hall–Kier alpha value is -3.33. The SMILES string of the molecule is CCCCCCCCCCCCCC(=O)N(CCOC)CC(=O)N(CCc1c[nH]c2ccccc12)Cc1ccc(C(F)(F)F)cc1. The van der Waals surface area contributed by atoms with Crippen LogP contribution in [0.2, 0.25) is 0 Å². The molecule has 3 aromatic rings. The standard InChI is InChI=1S/C37H52F3N3O3/c1-3-4-5-6-7-8-9-10-11-12-13-18-35(44)43(25-26-46-2)29-36(45)42(28-30-19-21-32(22-20-30)37(38,39)40)24-23-31-27-41-34-17-15-14-16-33(31)34/h14-17,19-22,27,41H,3-13,18,23-26,28-29H2,1-2H3. The third kappa shape index (κ3) is 12.8. The molecule has 0 saturated carbocycles. The van der Waals surface area contributed by atoms with E-state index in [9.17, 15) is 22.8 Å². The average molecular weight is 644 g/mol. The van der Waals surface area contributed by atoms with Crippen molar-refractivity contribution in [3.05, 3.63) is 71.4 Å². The summed E-state index contributed by atoms with van der Waals surface area (Å²) >= 11 is 0. The number of halogens is 3. The molecule has 0 aliphatic rings. The first kappa shape index (κ1) is 37.1. The summed E-state index contributed by atoms with van der Waals surface area (Å²) in [5.41, 5.74) is 1.91. The van der Waals surface area contributed by atoms with E-state index in [2.05, 4.69) is 11.9 Å². The van der Waals surface area contributed by atoms with Crippen LogP contribution >= 0.6 is 0 Å². The van der Waals surface area contributed by atoms with Crippen LogP contribution in [0.5, 0.6) is 0 Å². The van der Waals surface area contributed by atoms with E-state index in [-0.39, 0.29) is 24.9 Å². The number of nitrogens with zero attached hydrogens (tertiary/aromatic N) is 2. The van der Waals surface area contributed by atoms with Crippen molar-refractivity contribution in [1.82, 2.24) is 14.8 Å². The van der Waals surface area contributed by atoms with Crippen molar-refractivity contribution in [2.24, 2.45) is 0 Å². The van der Waals surface area contributed by atoms with Crippen molar-refractivity contribution in [2.45, 2.75) is 103 Å². The molecule has 254 valence electrons. The molecule has 9 heteroatoms. The Morgan fingerprint density at radius 3 is 2.04 bits per heavy atom. The number of alkyl halides is 3. The lowest BCUT2D eigenvalue weighted by atomic mass is 10.1. The number of rotatable bonds is 22. The van der Waals surface area contributed by atoms with Gasteiger partial charge in [0.05, 0.1) is 18.7 Å². The molecular formula is C37H52F3N3O3. The van der Waals surface area contributed by atoms with Gasteiger partial charge in [-0.25, -0.2) is 0 Å². The molecule has 1 heterocycles. The second-order valence-corrected chi connectivity index (χ2v) is 12.2. The van der Waals surface area contributed by atoms with Crippen LogP contribution in [-0.2, 0) is 33.5 Å². The molecule has 0 radical (unpaired) electrons. The highest BCUT2D eigenvalue weighted by Crippen LogP contribution is 2.29. The number of para-hydroxylation sites is 1. The number of ether oxygens (including phenoxy) is 1. The molecule has 1 aromatic heterocycles. The van der Waals surface area contributed by atoms with E-state index in [0.29, 0.717) is 38.1 Å². The molecule has 46 heavy (non-hydrogen) atoms. The van der Waals surface area contributed by atoms with E-state index in [4.69, 9.17) is 4.74 Å². The van der Waals surface area contributed by atoms with Crippen LogP contribution in [0.3, 0.4) is 0 Å². The minimum atomic E-state index is -4.43. The number of unbranched alkanes of at least 4 members (excludes halogenated alkanes) is 10. The molecule has 0 fully saturated rings. The number of H-pyrrole nitrogens is 1. The van der Waals surface area contributed by atoms with Gasteiger partial charge in [-0.1, -0.05) is 101 Å². The number of aromatic amines is 1. The lowest BCUT2D eigenvalue weighted by Gasteiger charge is -2.28. The second kappa shape index (κ2) is 20.0. The maximum atomic E-state index is 13.7. The monoisotopic (exact) mass is 643 g/mol. The molecule has 0 aliphatic heterocycles. The summed E-state index contributed by atoms with van der Waals surface area (Å²) in [5.74, 6) is -0.324. The summed E-state index contributed by atoms with van der Waals surface area (Å²) in [6.45, 7) is 3.24. The number of fused-ring (bicyclic) bond motifs is 1. The van der Waals surface area contributed by atoms with E-state index in [1.165, 1.54) is 63.5 Å². The maximum absolute atomic E-state index is 13.7. The highest BCUT2D eigenvalue weighted by molar-refractivity contribution is 5.85. The predicted molar refractivity (Wildman–Crippen MR) is 178 cm³/mol. The first-order chi connectivity index (χ1) is 22.2. The zero-order valence-electron chi connectivity index (χ0n) is 27.7. The van der Waals surface area contributed by atoms with Gasteiger partial charge in [-0.05, 0) is 42.2 Å². The van der Waals surface area contributed by atoms with Crippen LogP contribution in [0.15, 0.2) is 54.7 Å². The molecule has 2 amide bonds. The van der Waals surface area contributed by atoms with Crippen molar-refractivity contribution in [3.8, 4) is 0 Å². The van der Waals surface area contributed by atoms with E-state index in [1.807, 2.05) is 30.5 Å². The third-order valence-corrected chi connectivity index (χ3v) is 8.57. The Kier molecular flexibility index (Phi) is 16.2. The fourth-order valence-electron chi connectivity index (χ4n) is 5.76. The molecule has 0 spiro atoms. The van der Waals surface area contributed by atoms with Gasteiger partial charge < -0.3 is 19.5 Å². The number of carbonyl (C=O) groups excluding carboxylic acids is 2. The van der Waals surface area contributed by atoms with E-state index in [0.717, 1.165) is 47.9 Å². The van der Waals surface area contributed by atoms with Crippen LogP contribution in [-0.4, -0.2) is 59.9 Å². The number of carbonyl (C=O) groups is 2. The number of hydrogen-bond donors (Lipinski definition) is 1. The van der Waals surface area contributed by atoms with Crippen molar-refractivity contribution < 1.29 is 27.5 Å². The van der Waals surface area contributed by atoms with Crippen molar-refractivity contribution >= 4 is 22.7 Å². The van der Waals surface area contributed by atoms with Gasteiger partial charge in [-0.2, -0.15) is 13.2 Å². The van der Waals surface area contributed by atoms with Crippen LogP contribution in [0.1, 0.15) is 101 Å². The summed E-state index contributed by atoms with van der Waals surface area (Å²) in [5, 5.41) is 1.06. The van der Waals surface area contributed by atoms with Crippen molar-refractivity contribution in [1.29, 1.82) is 0 Å². The van der Waals surface area contributed by atoms with Crippen LogP contribution < -0.4 is 0 Å². The Balaban J connectivity index is 1.58. The lowest BCUT2D eigenvalue weighted by molar-refractivity contribution is -0.141. The van der Waals surface area contributed by atoms with Gasteiger partial charge >= 0.3 is 6.18 Å². The lowest BCUT2D eigenvalue weighted by Crippen LogP contribution is -2.44. The minimum Gasteiger partial charge on any atom is -0.383 e. The topological polar surface area (TPSA) is 65.6 Å². The smallest absolute Gasteiger partial charge is 0.383 e. The molecular weight excluding hydrogens is 591 g/mol. The first-order valence-electron chi connectivity index (χ1n) is 17.0. The zero-order chi connectivity index (χ0) is 33.2. The predicted octanol–water partition coefficient (Wildman–Crippen LogP) is 8.93. The number of amides is 2. The van der Waals surface area contributed by atoms with Gasteiger partial charge in [0.2, 0.25) is 11.8 Å². The van der Waals surface area contributed by atoms with E-state index < -0.39 is 11.7 Å². The molecule has 0 bridgehead atoms. The fraction of sp³-hybridized carbons (Fsp3) is 0.568. The molecule has 1 N–H and O–H groups in total. The molecule has 0 unspecified atom stereocenters. The normalized spacial score (nSPS) is 11.7. The molecule has 3 rings (SSSR count). The summed E-state index contributed by atoms with van der Waals surface area (Å²) in [6.07, 6.45) is 11.5. The Labute approximate surface area is 272 Å². The summed E-state index contributed by atoms with van der Waals surface area (Å²) < 4.78 is 44.7. The molecule has 0 atom stereocenters. The van der Waals surface area contributed by atoms with Gasteiger partial charge in [0.25, 0.3) is 0 Å². The van der Waals surface area contributed by atoms with Gasteiger partial charge in [-0.15, -0.1) is 0 Å². The number of benzene rings is 2. The molecule has 6 nitrogen and oxygen atoms in total. The number of nitrogens with one attached hydrogen (secondary N) is 1. The first-order valence-corrected chi connectivity index (χ1v) is 17.0. The summed E-state index contributed by atoms with van der Waals surface area (Å²) in [7, 11) is 1.56. The van der Waals surface area contributed by atoms with Crippen LogP contribution in [0, 0.1) is 0 Å².